The number of hydrogen-bond donors (Lipinski definition) is 2. The molecule has 0 saturated heterocycles. The fraction of sp³-hybridized carbons (Fsp3) is 0.308. The molecule has 0 saturated carbocycles. The first-order valence-electron chi connectivity index (χ1n) is 6.26. The molecule has 1 aromatic carbocycles. The smallest absolute Gasteiger partial charge is 0.423 e. The van der Waals surface area contributed by atoms with Crippen molar-refractivity contribution in [2.24, 2.45) is 7.05 Å². The summed E-state index contributed by atoms with van der Waals surface area (Å²) in [6.45, 7) is 1.09. The monoisotopic (exact) mass is 277 g/mol. The van der Waals surface area contributed by atoms with Crippen LogP contribution in [0, 0.1) is 5.82 Å². The molecule has 1 aromatic heterocycles. The Bertz CT molecular complexity index is 589. The summed E-state index contributed by atoms with van der Waals surface area (Å²) in [7, 11) is 2.13. The van der Waals surface area contributed by atoms with Crippen LogP contribution in [0.25, 0.3) is 0 Å². The molecule has 0 fully saturated rings. The minimum atomic E-state index is -1.68. The largest absolute Gasteiger partial charge is 0.488 e. The summed E-state index contributed by atoms with van der Waals surface area (Å²) in [6.07, 6.45) is 3.59. The molecule has 0 aliphatic carbocycles. The normalized spacial score (nSPS) is 11.1. The van der Waals surface area contributed by atoms with E-state index < -0.39 is 12.9 Å². The summed E-state index contributed by atoms with van der Waals surface area (Å²) in [6, 6.07) is 4.03. The van der Waals surface area contributed by atoms with Gasteiger partial charge in [0.15, 0.2) is 0 Å². The molecule has 106 valence electrons. The van der Waals surface area contributed by atoms with Crippen molar-refractivity contribution in [1.29, 1.82) is 0 Å². The topological polar surface area (TPSA) is 61.5 Å². The average molecular weight is 277 g/mol. The number of imidazole rings is 1. The third kappa shape index (κ3) is 3.44. The van der Waals surface area contributed by atoms with Gasteiger partial charge in [0.2, 0.25) is 0 Å². The van der Waals surface area contributed by atoms with Crippen LogP contribution in [0.1, 0.15) is 11.4 Å². The molecule has 0 unspecified atom stereocenters. The van der Waals surface area contributed by atoms with Crippen LogP contribution in [-0.4, -0.2) is 38.7 Å². The first-order chi connectivity index (χ1) is 9.47. The highest BCUT2D eigenvalue weighted by atomic mass is 19.1. The Hall–Kier alpha value is -1.70. The van der Waals surface area contributed by atoms with Gasteiger partial charge in [-0.1, -0.05) is 6.07 Å². The first-order valence-corrected chi connectivity index (χ1v) is 6.26. The predicted molar refractivity (Wildman–Crippen MR) is 74.6 cm³/mol. The predicted octanol–water partition coefficient (Wildman–Crippen LogP) is -0.129. The molecule has 7 heteroatoms. The molecule has 0 spiro atoms. The molecule has 0 bridgehead atoms. The van der Waals surface area contributed by atoms with E-state index in [9.17, 15) is 14.4 Å². The van der Waals surface area contributed by atoms with Gasteiger partial charge in [0.25, 0.3) is 0 Å². The van der Waals surface area contributed by atoms with Crippen LogP contribution in [0.15, 0.2) is 30.6 Å². The number of halogens is 1. The molecular weight excluding hydrogens is 260 g/mol. The van der Waals surface area contributed by atoms with E-state index in [4.69, 9.17) is 0 Å². The maximum Gasteiger partial charge on any atom is 0.488 e. The van der Waals surface area contributed by atoms with Crippen molar-refractivity contribution in [1.82, 2.24) is 14.5 Å². The van der Waals surface area contributed by atoms with Crippen molar-refractivity contribution in [3.63, 3.8) is 0 Å². The van der Waals surface area contributed by atoms with Crippen molar-refractivity contribution in [3.05, 3.63) is 47.8 Å². The molecule has 0 aliphatic heterocycles. The minimum Gasteiger partial charge on any atom is -0.423 e. The molecule has 2 rings (SSSR count). The Balaban J connectivity index is 2.11. The highest BCUT2D eigenvalue weighted by molar-refractivity contribution is 6.59. The van der Waals surface area contributed by atoms with E-state index in [0.717, 1.165) is 11.9 Å². The third-order valence-electron chi connectivity index (χ3n) is 3.16. The first kappa shape index (κ1) is 14.7. The van der Waals surface area contributed by atoms with Gasteiger partial charge >= 0.3 is 7.12 Å². The number of benzene rings is 1. The van der Waals surface area contributed by atoms with Crippen molar-refractivity contribution < 1.29 is 14.4 Å². The highest BCUT2D eigenvalue weighted by Gasteiger charge is 2.18. The third-order valence-corrected chi connectivity index (χ3v) is 3.16. The lowest BCUT2D eigenvalue weighted by molar-refractivity contribution is 0.307. The fourth-order valence-electron chi connectivity index (χ4n) is 2.09. The zero-order chi connectivity index (χ0) is 14.7. The van der Waals surface area contributed by atoms with Crippen LogP contribution in [0.5, 0.6) is 0 Å². The van der Waals surface area contributed by atoms with Crippen LogP contribution in [0.3, 0.4) is 0 Å². The number of hydrogen-bond acceptors (Lipinski definition) is 4. The van der Waals surface area contributed by atoms with E-state index in [1.165, 1.54) is 6.07 Å². The maximum atomic E-state index is 13.2. The van der Waals surface area contributed by atoms with Crippen molar-refractivity contribution >= 4 is 12.6 Å². The van der Waals surface area contributed by atoms with E-state index in [2.05, 4.69) is 4.98 Å². The summed E-state index contributed by atoms with van der Waals surface area (Å²) < 4.78 is 15.1. The molecule has 1 heterocycles. The van der Waals surface area contributed by atoms with Gasteiger partial charge in [-0.05, 0) is 30.2 Å². The molecule has 2 N–H and O–H groups in total. The lowest BCUT2D eigenvalue weighted by Crippen LogP contribution is -2.35. The van der Waals surface area contributed by atoms with Crippen LogP contribution >= 0.6 is 0 Å². The number of rotatable bonds is 5. The van der Waals surface area contributed by atoms with Crippen LogP contribution in [0.4, 0.5) is 4.39 Å². The van der Waals surface area contributed by atoms with Gasteiger partial charge < -0.3 is 14.6 Å². The second-order valence-corrected chi connectivity index (χ2v) is 4.84. The van der Waals surface area contributed by atoms with E-state index in [0.29, 0.717) is 18.7 Å². The molecule has 0 aliphatic rings. The Morgan fingerprint density at radius 3 is 2.70 bits per heavy atom. The lowest BCUT2D eigenvalue weighted by atomic mass is 9.77. The second kappa shape index (κ2) is 6.17. The van der Waals surface area contributed by atoms with E-state index >= 15 is 0 Å². The summed E-state index contributed by atoms with van der Waals surface area (Å²) in [5.74, 6) is 0.421. The standard InChI is InChI=1S/C13H17BFN3O2/c1-17(9-13-16-5-6-18(13)2)8-10-3-4-11(15)7-12(10)14(19)20/h3-7,19-20H,8-9H2,1-2H3. The van der Waals surface area contributed by atoms with Gasteiger partial charge in [-0.3, -0.25) is 4.90 Å². The Morgan fingerprint density at radius 2 is 2.10 bits per heavy atom. The average Bonchev–Trinajstić information content (AvgIpc) is 2.77. The summed E-state index contributed by atoms with van der Waals surface area (Å²) >= 11 is 0. The zero-order valence-electron chi connectivity index (χ0n) is 11.5. The Morgan fingerprint density at radius 1 is 1.35 bits per heavy atom. The SMILES string of the molecule is CN(Cc1ccc(F)cc1B(O)O)Cc1nccn1C. The molecule has 0 radical (unpaired) electrons. The summed E-state index contributed by atoms with van der Waals surface area (Å²) in [5.41, 5.74) is 0.870. The molecule has 2 aromatic rings. The van der Waals surface area contributed by atoms with Crippen molar-refractivity contribution in [2.75, 3.05) is 7.05 Å². The van der Waals surface area contributed by atoms with Gasteiger partial charge in [-0.25, -0.2) is 9.37 Å². The number of aryl methyl sites for hydroxylation is 1. The molecule has 5 nitrogen and oxygen atoms in total. The fourth-order valence-corrected chi connectivity index (χ4v) is 2.09. The van der Waals surface area contributed by atoms with Gasteiger partial charge in [0.05, 0.1) is 6.54 Å². The van der Waals surface area contributed by atoms with Gasteiger partial charge in [-0.2, -0.15) is 0 Å². The summed E-state index contributed by atoms with van der Waals surface area (Å²) in [5, 5.41) is 18.6. The number of nitrogens with zero attached hydrogens (tertiary/aromatic N) is 3. The van der Waals surface area contributed by atoms with E-state index in [-0.39, 0.29) is 5.46 Å². The van der Waals surface area contributed by atoms with Crippen molar-refractivity contribution in [2.45, 2.75) is 13.1 Å². The van der Waals surface area contributed by atoms with Gasteiger partial charge in [-0.15, -0.1) is 0 Å². The quantitative estimate of drug-likeness (QED) is 0.747. The van der Waals surface area contributed by atoms with Crippen LogP contribution in [-0.2, 0) is 20.1 Å². The summed E-state index contributed by atoms with van der Waals surface area (Å²) in [4.78, 5) is 6.21. The maximum absolute atomic E-state index is 13.2. The van der Waals surface area contributed by atoms with E-state index in [1.54, 1.807) is 12.3 Å². The Kier molecular flexibility index (Phi) is 4.54. The second-order valence-electron chi connectivity index (χ2n) is 4.84. The Labute approximate surface area is 117 Å². The van der Waals surface area contributed by atoms with Crippen LogP contribution < -0.4 is 5.46 Å². The lowest BCUT2D eigenvalue weighted by Gasteiger charge is -2.18. The van der Waals surface area contributed by atoms with Crippen LogP contribution in [0.2, 0.25) is 0 Å². The molecule has 0 amide bonds. The van der Waals surface area contributed by atoms with Gasteiger partial charge in [0.1, 0.15) is 11.6 Å². The molecule has 0 atom stereocenters. The minimum absolute atomic E-state index is 0.191. The molecular formula is C13H17BFN3O2. The van der Waals surface area contributed by atoms with Crippen molar-refractivity contribution in [3.8, 4) is 0 Å². The molecule has 20 heavy (non-hydrogen) atoms. The highest BCUT2D eigenvalue weighted by Crippen LogP contribution is 2.07. The van der Waals surface area contributed by atoms with E-state index in [1.807, 2.05) is 29.8 Å². The number of aromatic nitrogens is 2. The zero-order valence-corrected chi connectivity index (χ0v) is 11.5. The van der Waals surface area contributed by atoms with Gasteiger partial charge in [0, 0.05) is 26.0 Å².